The molecule has 22 heavy (non-hydrogen) atoms. The van der Waals surface area contributed by atoms with E-state index in [9.17, 15) is 5.11 Å². The van der Waals surface area contributed by atoms with E-state index in [-0.39, 0.29) is 5.75 Å². The number of aromatic hydroxyl groups is 1. The summed E-state index contributed by atoms with van der Waals surface area (Å²) in [7, 11) is 0. The van der Waals surface area contributed by atoms with Crippen LogP contribution < -0.4 is 0 Å². The summed E-state index contributed by atoms with van der Waals surface area (Å²) in [6.45, 7) is 0.878. The average molecular weight is 290 g/mol. The van der Waals surface area contributed by atoms with Crippen LogP contribution in [0.1, 0.15) is 24.0 Å². The van der Waals surface area contributed by atoms with Crippen molar-refractivity contribution < 1.29 is 5.11 Å². The fourth-order valence-corrected chi connectivity index (χ4v) is 2.48. The third kappa shape index (κ3) is 3.50. The van der Waals surface area contributed by atoms with Crippen LogP contribution in [0.25, 0.3) is 6.08 Å². The normalized spacial score (nSPS) is 16.9. The Morgan fingerprint density at radius 3 is 2.73 bits per heavy atom. The Morgan fingerprint density at radius 2 is 1.95 bits per heavy atom. The van der Waals surface area contributed by atoms with Gasteiger partial charge in [0.15, 0.2) is 0 Å². The molecule has 3 nitrogen and oxygen atoms in total. The highest BCUT2D eigenvalue weighted by Crippen LogP contribution is 2.19. The molecule has 0 atom stereocenters. The zero-order chi connectivity index (χ0) is 15.2. The van der Waals surface area contributed by atoms with E-state index in [2.05, 4.69) is 22.1 Å². The molecule has 3 heteroatoms. The van der Waals surface area contributed by atoms with Crippen molar-refractivity contribution in [2.45, 2.75) is 12.8 Å². The van der Waals surface area contributed by atoms with Crippen molar-refractivity contribution in [3.8, 4) is 5.75 Å². The number of rotatable bonds is 3. The van der Waals surface area contributed by atoms with Crippen molar-refractivity contribution >= 4 is 11.8 Å². The van der Waals surface area contributed by atoms with Crippen molar-refractivity contribution in [1.82, 2.24) is 4.98 Å². The molecule has 1 aromatic carbocycles. The summed E-state index contributed by atoms with van der Waals surface area (Å²) in [6.07, 6.45) is 12.0. The molecule has 0 spiro atoms. The van der Waals surface area contributed by atoms with Crippen molar-refractivity contribution in [3.05, 3.63) is 77.6 Å². The maximum absolute atomic E-state index is 9.29. The number of pyridine rings is 1. The minimum atomic E-state index is 0.286. The lowest BCUT2D eigenvalue weighted by Crippen LogP contribution is -2.11. The third-order valence-corrected chi connectivity index (χ3v) is 3.59. The van der Waals surface area contributed by atoms with Crippen molar-refractivity contribution in [2.75, 3.05) is 6.54 Å². The Morgan fingerprint density at radius 1 is 1.09 bits per heavy atom. The van der Waals surface area contributed by atoms with E-state index in [4.69, 9.17) is 0 Å². The van der Waals surface area contributed by atoms with E-state index < -0.39 is 0 Å². The van der Waals surface area contributed by atoms with Crippen molar-refractivity contribution in [3.63, 3.8) is 0 Å². The van der Waals surface area contributed by atoms with Crippen LogP contribution in [0.3, 0.4) is 0 Å². The Kier molecular flexibility index (Phi) is 4.44. The molecule has 3 rings (SSSR count). The van der Waals surface area contributed by atoms with Gasteiger partial charge in [0.1, 0.15) is 5.75 Å². The van der Waals surface area contributed by atoms with Gasteiger partial charge in [0.05, 0.1) is 5.71 Å². The number of aromatic nitrogens is 1. The van der Waals surface area contributed by atoms with Gasteiger partial charge in [-0.05, 0) is 48.2 Å². The fraction of sp³-hybridized carbons (Fsp3) is 0.158. The van der Waals surface area contributed by atoms with Gasteiger partial charge in [-0.15, -0.1) is 0 Å². The molecule has 1 N–H and O–H groups in total. The molecule has 0 aliphatic carbocycles. The molecule has 0 amide bonds. The van der Waals surface area contributed by atoms with Gasteiger partial charge in [-0.25, -0.2) is 0 Å². The summed E-state index contributed by atoms with van der Waals surface area (Å²) in [5.41, 5.74) is 4.43. The molecule has 0 saturated heterocycles. The lowest BCUT2D eigenvalue weighted by Gasteiger charge is -2.15. The molecule has 0 radical (unpaired) electrons. The Labute approximate surface area is 130 Å². The van der Waals surface area contributed by atoms with E-state index >= 15 is 0 Å². The molecular formula is C19H18N2O. The largest absolute Gasteiger partial charge is 0.508 e. The average Bonchev–Trinajstić information content (AvgIpc) is 2.58. The first-order valence-electron chi connectivity index (χ1n) is 7.44. The van der Waals surface area contributed by atoms with Crippen molar-refractivity contribution in [2.24, 2.45) is 4.99 Å². The number of phenolic OH excluding ortho intramolecular Hbond substituents is 1. The number of benzene rings is 1. The molecule has 1 aromatic heterocycles. The molecular weight excluding hydrogens is 272 g/mol. The van der Waals surface area contributed by atoms with Crippen LogP contribution in [0.5, 0.6) is 5.75 Å². The lowest BCUT2D eigenvalue weighted by atomic mass is 9.96. The van der Waals surface area contributed by atoms with Gasteiger partial charge in [-0.1, -0.05) is 30.4 Å². The summed E-state index contributed by atoms with van der Waals surface area (Å²) >= 11 is 0. The first-order valence-corrected chi connectivity index (χ1v) is 7.44. The quantitative estimate of drug-likeness (QED) is 0.928. The highest BCUT2D eigenvalue weighted by atomic mass is 16.3. The fourth-order valence-electron chi connectivity index (χ4n) is 2.48. The second-order valence-electron chi connectivity index (χ2n) is 5.22. The zero-order valence-electron chi connectivity index (χ0n) is 12.3. The second kappa shape index (κ2) is 6.85. The van der Waals surface area contributed by atoms with Crippen LogP contribution in [-0.4, -0.2) is 22.3 Å². The summed E-state index contributed by atoms with van der Waals surface area (Å²) in [6, 6.07) is 11.2. The van der Waals surface area contributed by atoms with Gasteiger partial charge in [-0.3, -0.25) is 9.98 Å². The van der Waals surface area contributed by atoms with Crippen LogP contribution in [0.4, 0.5) is 0 Å². The number of allylic oxidation sites excluding steroid dienone is 3. The molecule has 1 aliphatic heterocycles. The molecule has 110 valence electrons. The van der Waals surface area contributed by atoms with Gasteiger partial charge >= 0.3 is 0 Å². The first kappa shape index (κ1) is 14.3. The summed E-state index contributed by atoms with van der Waals surface area (Å²) in [5, 5.41) is 9.29. The maximum Gasteiger partial charge on any atom is 0.115 e. The predicted molar refractivity (Wildman–Crippen MR) is 90.1 cm³/mol. The minimum absolute atomic E-state index is 0.286. The Bertz CT molecular complexity index is 713. The molecule has 2 heterocycles. The molecule has 0 fully saturated rings. The van der Waals surface area contributed by atoms with E-state index in [1.54, 1.807) is 18.3 Å². The number of hydrogen-bond donors (Lipinski definition) is 1. The number of aliphatic imine (C=N–C) groups is 1. The molecule has 0 saturated carbocycles. The maximum atomic E-state index is 9.29. The van der Waals surface area contributed by atoms with Gasteiger partial charge in [-0.2, -0.15) is 0 Å². The summed E-state index contributed by atoms with van der Waals surface area (Å²) < 4.78 is 0. The molecule has 2 aromatic rings. The van der Waals surface area contributed by atoms with Gasteiger partial charge in [0.25, 0.3) is 0 Å². The third-order valence-electron chi connectivity index (χ3n) is 3.59. The zero-order valence-corrected chi connectivity index (χ0v) is 12.3. The van der Waals surface area contributed by atoms with E-state index in [1.165, 1.54) is 5.57 Å². The Balaban J connectivity index is 1.81. The lowest BCUT2D eigenvalue weighted by molar-refractivity contribution is 0.475. The van der Waals surface area contributed by atoms with E-state index in [0.29, 0.717) is 0 Å². The molecule has 0 bridgehead atoms. The molecule has 0 unspecified atom stereocenters. The monoisotopic (exact) mass is 290 g/mol. The smallest absolute Gasteiger partial charge is 0.115 e. The predicted octanol–water partition coefficient (Wildman–Crippen LogP) is 4.01. The number of nitrogens with zero attached hydrogens (tertiary/aromatic N) is 2. The minimum Gasteiger partial charge on any atom is -0.508 e. The SMILES string of the molecule is Oc1ccc(/C=C/C=C2\CCCN=C2c2cccnc2)cc1. The highest BCUT2D eigenvalue weighted by molar-refractivity contribution is 6.13. The van der Waals surface area contributed by atoms with Crippen LogP contribution >= 0.6 is 0 Å². The van der Waals surface area contributed by atoms with Gasteiger partial charge < -0.3 is 5.11 Å². The summed E-state index contributed by atoms with van der Waals surface area (Å²) in [4.78, 5) is 8.84. The topological polar surface area (TPSA) is 45.5 Å². The van der Waals surface area contributed by atoms with Gasteiger partial charge in [0, 0.05) is 24.5 Å². The van der Waals surface area contributed by atoms with Crippen LogP contribution in [0, 0.1) is 0 Å². The van der Waals surface area contributed by atoms with Crippen molar-refractivity contribution in [1.29, 1.82) is 0 Å². The number of hydrogen-bond acceptors (Lipinski definition) is 3. The standard InChI is InChI=1S/C19H18N2O/c22-18-10-8-15(9-11-18)4-1-5-16-6-3-13-21-19(16)17-7-2-12-20-14-17/h1-2,4-5,7-12,14,22H,3,6,13H2/b4-1+,16-5+. The van der Waals surface area contributed by atoms with Crippen LogP contribution in [0.15, 0.2) is 71.5 Å². The van der Waals surface area contributed by atoms with Gasteiger partial charge in [0.2, 0.25) is 0 Å². The van der Waals surface area contributed by atoms with E-state index in [1.807, 2.05) is 36.5 Å². The summed E-state index contributed by atoms with van der Waals surface area (Å²) in [5.74, 6) is 0.286. The van der Waals surface area contributed by atoms with Crippen LogP contribution in [0.2, 0.25) is 0 Å². The highest BCUT2D eigenvalue weighted by Gasteiger charge is 2.13. The second-order valence-corrected chi connectivity index (χ2v) is 5.22. The van der Waals surface area contributed by atoms with Crippen LogP contribution in [-0.2, 0) is 0 Å². The van der Waals surface area contributed by atoms with E-state index in [0.717, 1.165) is 36.2 Å². The first-order chi connectivity index (χ1) is 10.8. The Hall–Kier alpha value is -2.68. The number of phenols is 1. The molecule has 1 aliphatic rings.